The molecule has 5 rings (SSSR count). The lowest BCUT2D eigenvalue weighted by Crippen LogP contribution is -2.53. The van der Waals surface area contributed by atoms with Gasteiger partial charge >= 0.3 is 6.03 Å². The Morgan fingerprint density at radius 1 is 0.944 bits per heavy atom. The molecule has 192 valence electrons. The molecule has 2 aliphatic carbocycles. The molecule has 3 fully saturated rings. The Hall–Kier alpha value is -3.09. The number of carbonyl (C=O) groups is 3. The van der Waals surface area contributed by atoms with Gasteiger partial charge in [-0.1, -0.05) is 56.7 Å². The van der Waals surface area contributed by atoms with Gasteiger partial charge in [-0.2, -0.15) is 0 Å². The highest BCUT2D eigenvalue weighted by molar-refractivity contribution is 6.09. The number of amides is 4. The van der Waals surface area contributed by atoms with E-state index < -0.39 is 11.6 Å². The van der Waals surface area contributed by atoms with Crippen LogP contribution < -0.4 is 10.1 Å². The van der Waals surface area contributed by atoms with Gasteiger partial charge in [0, 0.05) is 12.1 Å². The number of rotatable bonds is 6. The van der Waals surface area contributed by atoms with Gasteiger partial charge < -0.3 is 15.0 Å². The van der Waals surface area contributed by atoms with Gasteiger partial charge in [-0.3, -0.25) is 14.5 Å². The summed E-state index contributed by atoms with van der Waals surface area (Å²) in [6.07, 6.45) is 11.0. The molecule has 1 aliphatic heterocycles. The molecule has 0 bridgehead atoms. The summed E-state index contributed by atoms with van der Waals surface area (Å²) < 4.78 is 5.31. The molecule has 2 aromatic carbocycles. The van der Waals surface area contributed by atoms with Crippen LogP contribution in [0.2, 0.25) is 0 Å². The van der Waals surface area contributed by atoms with Crippen LogP contribution in [0, 0.1) is 0 Å². The molecule has 2 aromatic rings. The molecule has 7 heteroatoms. The van der Waals surface area contributed by atoms with Crippen molar-refractivity contribution in [2.75, 3.05) is 13.7 Å². The molecule has 3 aliphatic rings. The molecule has 1 N–H and O–H groups in total. The van der Waals surface area contributed by atoms with Crippen LogP contribution in [0.5, 0.6) is 5.75 Å². The number of carbonyl (C=O) groups excluding carboxylic acids is 3. The third kappa shape index (κ3) is 4.56. The van der Waals surface area contributed by atoms with Gasteiger partial charge in [-0.15, -0.1) is 0 Å². The van der Waals surface area contributed by atoms with Crippen molar-refractivity contribution in [1.29, 1.82) is 0 Å². The van der Waals surface area contributed by atoms with E-state index in [-0.39, 0.29) is 30.4 Å². The van der Waals surface area contributed by atoms with Crippen LogP contribution in [0.1, 0.15) is 76.7 Å². The van der Waals surface area contributed by atoms with Gasteiger partial charge in [0.15, 0.2) is 0 Å². The van der Waals surface area contributed by atoms with Gasteiger partial charge in [-0.25, -0.2) is 4.79 Å². The molecule has 0 unspecified atom stereocenters. The number of ether oxygens (including phenoxy) is 1. The lowest BCUT2D eigenvalue weighted by atomic mass is 9.88. The minimum Gasteiger partial charge on any atom is -0.497 e. The minimum absolute atomic E-state index is 0.0906. The Kier molecular flexibility index (Phi) is 6.91. The molecule has 0 spiro atoms. The number of fused-ring (bicyclic) bond motifs is 1. The van der Waals surface area contributed by atoms with E-state index in [0.29, 0.717) is 5.56 Å². The lowest BCUT2D eigenvalue weighted by molar-refractivity contribution is -0.143. The van der Waals surface area contributed by atoms with Gasteiger partial charge in [-0.05, 0) is 67.1 Å². The number of benzene rings is 2. The van der Waals surface area contributed by atoms with Crippen molar-refractivity contribution in [3.8, 4) is 5.75 Å². The second-order valence-electron chi connectivity index (χ2n) is 10.8. The predicted molar refractivity (Wildman–Crippen MR) is 139 cm³/mol. The zero-order valence-electron chi connectivity index (χ0n) is 21.4. The zero-order valence-corrected chi connectivity index (χ0v) is 21.4. The Balaban J connectivity index is 1.37. The van der Waals surface area contributed by atoms with Gasteiger partial charge in [0.1, 0.15) is 17.8 Å². The van der Waals surface area contributed by atoms with E-state index in [1.54, 1.807) is 14.0 Å². The van der Waals surface area contributed by atoms with E-state index in [2.05, 4.69) is 10.2 Å². The second-order valence-corrected chi connectivity index (χ2v) is 10.8. The summed E-state index contributed by atoms with van der Waals surface area (Å²) in [5.41, 5.74) is -0.517. The van der Waals surface area contributed by atoms with E-state index in [4.69, 9.17) is 4.74 Å². The minimum atomic E-state index is -1.22. The molecular weight excluding hydrogens is 454 g/mol. The summed E-state index contributed by atoms with van der Waals surface area (Å²) in [6.45, 7) is 1.53. The fourth-order valence-corrected chi connectivity index (χ4v) is 6.34. The topological polar surface area (TPSA) is 79.0 Å². The standard InChI is InChI=1S/C29H37N3O4/c1-29(22-15-13-21-18-25(36-2)16-14-20(21)17-22)27(34)31(28(35)30-29)19-26(33)32(23-9-5-3-6-10-23)24-11-7-4-8-12-24/h13-18,23-24H,3-12,19H2,1-2H3,(H,30,35)/t29-/m0/s1. The van der Waals surface area contributed by atoms with Crippen molar-refractivity contribution in [2.24, 2.45) is 0 Å². The van der Waals surface area contributed by atoms with Crippen molar-refractivity contribution < 1.29 is 19.1 Å². The molecule has 0 aromatic heterocycles. The summed E-state index contributed by atoms with van der Waals surface area (Å²) in [5, 5.41) is 4.82. The number of nitrogens with one attached hydrogen (secondary N) is 1. The van der Waals surface area contributed by atoms with Gasteiger partial charge in [0.05, 0.1) is 7.11 Å². The molecule has 7 nitrogen and oxygen atoms in total. The highest BCUT2D eigenvalue weighted by Crippen LogP contribution is 2.34. The summed E-state index contributed by atoms with van der Waals surface area (Å²) in [4.78, 5) is 43.6. The Morgan fingerprint density at radius 2 is 1.53 bits per heavy atom. The molecule has 1 heterocycles. The van der Waals surface area contributed by atoms with Gasteiger partial charge in [0.25, 0.3) is 5.91 Å². The average molecular weight is 492 g/mol. The number of hydrogen-bond acceptors (Lipinski definition) is 4. The van der Waals surface area contributed by atoms with Gasteiger partial charge in [0.2, 0.25) is 5.91 Å². The van der Waals surface area contributed by atoms with Crippen molar-refractivity contribution >= 4 is 28.6 Å². The molecule has 36 heavy (non-hydrogen) atoms. The maximum absolute atomic E-state index is 13.7. The number of nitrogens with zero attached hydrogens (tertiary/aromatic N) is 2. The first-order chi connectivity index (χ1) is 17.4. The smallest absolute Gasteiger partial charge is 0.325 e. The maximum atomic E-state index is 13.7. The summed E-state index contributed by atoms with van der Waals surface area (Å²) in [6, 6.07) is 11.4. The molecule has 1 saturated heterocycles. The Labute approximate surface area is 213 Å². The SMILES string of the molecule is COc1ccc2cc([C@]3(C)NC(=O)N(CC(=O)N(C4CCCCC4)C4CCCCC4)C3=O)ccc2c1. The van der Waals surface area contributed by atoms with Crippen LogP contribution in [0.3, 0.4) is 0 Å². The number of imide groups is 1. The quantitative estimate of drug-likeness (QED) is 0.570. The predicted octanol–water partition coefficient (Wildman–Crippen LogP) is 5.11. The first-order valence-corrected chi connectivity index (χ1v) is 13.4. The third-order valence-corrected chi connectivity index (χ3v) is 8.42. The van der Waals surface area contributed by atoms with Crippen molar-refractivity contribution in [3.63, 3.8) is 0 Å². The summed E-state index contributed by atoms with van der Waals surface area (Å²) >= 11 is 0. The monoisotopic (exact) mass is 491 g/mol. The van der Waals surface area contributed by atoms with Crippen LogP contribution in [0.4, 0.5) is 4.79 Å². The summed E-state index contributed by atoms with van der Waals surface area (Å²) in [7, 11) is 1.63. The first-order valence-electron chi connectivity index (χ1n) is 13.4. The fraction of sp³-hybridized carbons (Fsp3) is 0.552. The molecule has 0 radical (unpaired) electrons. The lowest BCUT2D eigenvalue weighted by Gasteiger charge is -2.42. The zero-order chi connectivity index (χ0) is 25.3. The molecule has 1 atom stereocenters. The van der Waals surface area contributed by atoms with E-state index in [0.717, 1.165) is 72.8 Å². The first kappa shape index (κ1) is 24.6. The van der Waals surface area contributed by atoms with E-state index in [9.17, 15) is 14.4 Å². The van der Waals surface area contributed by atoms with E-state index in [1.807, 2.05) is 36.4 Å². The fourth-order valence-electron chi connectivity index (χ4n) is 6.34. The third-order valence-electron chi connectivity index (χ3n) is 8.42. The molecule has 4 amide bonds. The van der Waals surface area contributed by atoms with E-state index >= 15 is 0 Å². The number of hydrogen-bond donors (Lipinski definition) is 1. The second kappa shape index (κ2) is 10.1. The maximum Gasteiger partial charge on any atom is 0.325 e. The highest BCUT2D eigenvalue weighted by atomic mass is 16.5. The molecule has 2 saturated carbocycles. The van der Waals surface area contributed by atoms with Crippen LogP contribution >= 0.6 is 0 Å². The van der Waals surface area contributed by atoms with Crippen molar-refractivity contribution in [1.82, 2.24) is 15.1 Å². The van der Waals surface area contributed by atoms with Crippen LogP contribution in [0.25, 0.3) is 10.8 Å². The number of methoxy groups -OCH3 is 1. The highest BCUT2D eigenvalue weighted by Gasteiger charge is 2.50. The van der Waals surface area contributed by atoms with Crippen molar-refractivity contribution in [3.05, 3.63) is 42.0 Å². The normalized spacial score (nSPS) is 23.7. The average Bonchev–Trinajstić information content (AvgIpc) is 3.13. The van der Waals surface area contributed by atoms with Crippen LogP contribution in [-0.2, 0) is 15.1 Å². The van der Waals surface area contributed by atoms with Crippen LogP contribution in [-0.4, -0.2) is 53.4 Å². The Bertz CT molecular complexity index is 1130. The Morgan fingerprint density at radius 3 is 2.14 bits per heavy atom. The van der Waals surface area contributed by atoms with Crippen LogP contribution in [0.15, 0.2) is 36.4 Å². The summed E-state index contributed by atoms with van der Waals surface area (Å²) in [5.74, 6) is 0.296. The van der Waals surface area contributed by atoms with E-state index in [1.165, 1.54) is 12.8 Å². The van der Waals surface area contributed by atoms with Crippen molar-refractivity contribution in [2.45, 2.75) is 88.8 Å². The molecular formula is C29H37N3O4. The number of urea groups is 1. The largest absolute Gasteiger partial charge is 0.497 e.